The summed E-state index contributed by atoms with van der Waals surface area (Å²) in [4.78, 5) is 43.5. The maximum Gasteiger partial charge on any atom is 0.0961 e. The molecule has 8 aromatic rings. The highest BCUT2D eigenvalue weighted by Gasteiger charge is 2.03. The largest absolute Gasteiger partial charge is 0.326 e. The summed E-state index contributed by atoms with van der Waals surface area (Å²) in [5.74, 6) is 0. The van der Waals surface area contributed by atoms with Crippen molar-refractivity contribution in [1.82, 2.24) is 19.6 Å². The Labute approximate surface area is 526 Å². The van der Waals surface area contributed by atoms with Gasteiger partial charge < -0.3 is 19.6 Å². The summed E-state index contributed by atoms with van der Waals surface area (Å²) in [6.45, 7) is 33.3. The molecule has 12 nitrogen and oxygen atoms in total. The molecule has 12 heteroatoms. The van der Waals surface area contributed by atoms with E-state index in [1.807, 2.05) is 96.3 Å². The van der Waals surface area contributed by atoms with Crippen molar-refractivity contribution in [3.63, 3.8) is 0 Å². The zero-order valence-electron chi connectivity index (χ0n) is 55.8. The average molecular weight is 1170 g/mol. The summed E-state index contributed by atoms with van der Waals surface area (Å²) in [5.41, 5.74) is 27.3. The predicted molar refractivity (Wildman–Crippen MR) is 384 cm³/mol. The van der Waals surface area contributed by atoms with E-state index in [1.54, 1.807) is 50.7 Å². The van der Waals surface area contributed by atoms with Gasteiger partial charge in [-0.05, 0) is 204 Å². The van der Waals surface area contributed by atoms with Crippen molar-refractivity contribution >= 4 is 96.2 Å². The lowest BCUT2D eigenvalue weighted by Crippen LogP contribution is -2.12. The van der Waals surface area contributed by atoms with Gasteiger partial charge in [0.25, 0.3) is 0 Å². The van der Waals surface area contributed by atoms with Crippen LogP contribution in [0.1, 0.15) is 89.0 Å². The Morgan fingerprint density at radius 1 is 0.182 bits per heavy atom. The van der Waals surface area contributed by atoms with Gasteiger partial charge in [0.15, 0.2) is 0 Å². The van der Waals surface area contributed by atoms with Gasteiger partial charge in [0.2, 0.25) is 0 Å². The summed E-state index contributed by atoms with van der Waals surface area (Å²) in [6, 6.07) is 50.0. The summed E-state index contributed by atoms with van der Waals surface area (Å²) in [6.07, 6.45) is 14.3. The molecule has 0 aliphatic heterocycles. The van der Waals surface area contributed by atoms with Crippen LogP contribution in [-0.4, -0.2) is 98.5 Å². The summed E-state index contributed by atoms with van der Waals surface area (Å²) in [7, 11) is 7.72. The lowest BCUT2D eigenvalue weighted by molar-refractivity contribution is 0.801. The molecule has 0 unspecified atom stereocenters. The fourth-order valence-electron chi connectivity index (χ4n) is 8.95. The summed E-state index contributed by atoms with van der Waals surface area (Å²) < 4.78 is 0. The van der Waals surface area contributed by atoms with Gasteiger partial charge in [-0.25, -0.2) is 39.9 Å². The van der Waals surface area contributed by atoms with Crippen molar-refractivity contribution in [3.8, 4) is 0 Å². The molecule has 0 amide bonds. The van der Waals surface area contributed by atoms with Crippen LogP contribution in [0.5, 0.6) is 0 Å². The van der Waals surface area contributed by atoms with E-state index in [9.17, 15) is 0 Å². The highest BCUT2D eigenvalue weighted by atomic mass is 15.2. The average Bonchev–Trinajstić information content (AvgIpc) is 3.59. The predicted octanol–water partition coefficient (Wildman–Crippen LogP) is 19.5. The lowest BCUT2D eigenvalue weighted by Gasteiger charge is -2.07. The van der Waals surface area contributed by atoms with E-state index in [2.05, 4.69) is 248 Å². The Morgan fingerprint density at radius 3 is 0.375 bits per heavy atom. The molecule has 0 saturated heterocycles. The van der Waals surface area contributed by atoms with E-state index in [0.29, 0.717) is 0 Å². The molecule has 0 heterocycles. The van der Waals surface area contributed by atoms with Crippen LogP contribution in [0.2, 0.25) is 0 Å². The van der Waals surface area contributed by atoms with Gasteiger partial charge in [-0.3, -0.25) is 0 Å². The molecule has 0 spiro atoms. The van der Waals surface area contributed by atoms with Crippen molar-refractivity contribution < 1.29 is 0 Å². The van der Waals surface area contributed by atoms with Crippen LogP contribution in [0.4, 0.5) is 45.5 Å². The van der Waals surface area contributed by atoms with Gasteiger partial charge in [-0.2, -0.15) is 0 Å². The Bertz CT molecular complexity index is 3110. The van der Waals surface area contributed by atoms with Gasteiger partial charge in [-0.15, -0.1) is 0 Å². The fraction of sp³-hybridized carbons (Fsp3) is 0.263. The van der Waals surface area contributed by atoms with Crippen LogP contribution in [-0.2, 0) is 0 Å². The number of nitrogens with zero attached hydrogens (tertiary/aromatic N) is 12. The minimum atomic E-state index is 0.984. The van der Waals surface area contributed by atoms with Crippen molar-refractivity contribution in [2.75, 3.05) is 28.2 Å². The van der Waals surface area contributed by atoms with E-state index in [0.717, 1.165) is 45.5 Å². The molecule has 0 bridgehead atoms. The highest BCUT2D eigenvalue weighted by molar-refractivity contribution is 5.81. The van der Waals surface area contributed by atoms with Crippen LogP contribution >= 0.6 is 0 Å². The molecule has 0 aliphatic carbocycles. The number of aryl methyl sites for hydroxylation is 16. The molecule has 0 atom stereocenters. The first-order valence-electron chi connectivity index (χ1n) is 29.6. The third-order valence-corrected chi connectivity index (χ3v) is 13.9. The summed E-state index contributed by atoms with van der Waals surface area (Å²) >= 11 is 0. The Balaban J connectivity index is 0.000000214. The van der Waals surface area contributed by atoms with Gasteiger partial charge in [0.1, 0.15) is 0 Å². The van der Waals surface area contributed by atoms with E-state index in [1.165, 1.54) is 89.0 Å². The van der Waals surface area contributed by atoms with Gasteiger partial charge in [-0.1, -0.05) is 142 Å². The van der Waals surface area contributed by atoms with Crippen LogP contribution in [0, 0.1) is 111 Å². The van der Waals surface area contributed by atoms with Crippen LogP contribution in [0.15, 0.2) is 186 Å². The van der Waals surface area contributed by atoms with Crippen molar-refractivity contribution in [2.24, 2.45) is 39.9 Å². The van der Waals surface area contributed by atoms with Crippen LogP contribution < -0.4 is 0 Å². The lowest BCUT2D eigenvalue weighted by atomic mass is 10.1. The van der Waals surface area contributed by atoms with Gasteiger partial charge in [0.05, 0.1) is 96.2 Å². The van der Waals surface area contributed by atoms with E-state index < -0.39 is 0 Å². The zero-order valence-corrected chi connectivity index (χ0v) is 55.8. The van der Waals surface area contributed by atoms with Gasteiger partial charge >= 0.3 is 0 Å². The number of hydrogen-bond acceptors (Lipinski definition) is 8. The smallest absolute Gasteiger partial charge is 0.0961 e. The molecule has 456 valence electrons. The van der Waals surface area contributed by atoms with Crippen LogP contribution in [0.25, 0.3) is 0 Å². The molecule has 0 fully saturated rings. The second-order valence-electron chi connectivity index (χ2n) is 22.9. The normalized spacial score (nSPS) is 11.5. The first-order chi connectivity index (χ1) is 41.8. The fourth-order valence-corrected chi connectivity index (χ4v) is 8.95. The van der Waals surface area contributed by atoms with E-state index >= 15 is 0 Å². The number of rotatable bonds is 16. The molecule has 88 heavy (non-hydrogen) atoms. The standard InChI is InChI=1S/4C19H23N3/c4*1-14-6-8-18(16(3)10-14)20-12-22(5)13-21-19-9-7-15(2)11-17(19)4/h4*6-13H,1-5H3/b4*20-12+,21-13+. The number of hydrogen-bond donors (Lipinski definition) is 0. The summed E-state index contributed by atoms with van der Waals surface area (Å²) in [5, 5.41) is 0. The molecule has 0 radical (unpaired) electrons. The molecule has 0 saturated carbocycles. The van der Waals surface area contributed by atoms with Gasteiger partial charge in [0, 0.05) is 28.2 Å². The SMILES string of the molecule is Cc1ccc(/N=C/N(C)/C=N/c2ccc(C)cc2C)c(C)c1.Cc1ccc(/N=C/N(C)/C=N/c2ccc(C)cc2C)c(C)c1.Cc1ccc(/N=C/N(C)/C=N/c2ccc(C)cc2C)c(C)c1.Cc1ccc(/N=C/N(C)/C=N/c2ccc(C)cc2C)c(C)c1. The molecular formula is C76H92N12. The quantitative estimate of drug-likeness (QED) is 0.0708. The maximum atomic E-state index is 4.51. The second-order valence-corrected chi connectivity index (χ2v) is 22.9. The monoisotopic (exact) mass is 1170 g/mol. The third-order valence-electron chi connectivity index (χ3n) is 13.9. The molecule has 8 aromatic carbocycles. The minimum absolute atomic E-state index is 0.984. The maximum absolute atomic E-state index is 4.51. The Kier molecular flexibility index (Phi) is 27.1. The van der Waals surface area contributed by atoms with E-state index in [4.69, 9.17) is 0 Å². The minimum Gasteiger partial charge on any atom is -0.326 e. The molecule has 0 N–H and O–H groups in total. The second kappa shape index (κ2) is 34.5. The topological polar surface area (TPSA) is 112 Å². The van der Waals surface area contributed by atoms with Crippen molar-refractivity contribution in [2.45, 2.75) is 111 Å². The number of aliphatic imine (C=N–C) groups is 8. The Morgan fingerprint density at radius 2 is 0.284 bits per heavy atom. The van der Waals surface area contributed by atoms with Crippen molar-refractivity contribution in [1.29, 1.82) is 0 Å². The van der Waals surface area contributed by atoms with Crippen LogP contribution in [0.3, 0.4) is 0 Å². The molecule has 8 rings (SSSR count). The van der Waals surface area contributed by atoms with E-state index in [-0.39, 0.29) is 0 Å². The zero-order chi connectivity index (χ0) is 64.5. The molecular weight excluding hydrogens is 1080 g/mol. The Hall–Kier alpha value is -9.68. The molecule has 0 aliphatic rings. The number of benzene rings is 8. The third kappa shape index (κ3) is 24.0. The first kappa shape index (κ1) is 69.1. The molecule has 0 aromatic heterocycles. The first-order valence-corrected chi connectivity index (χ1v) is 29.6. The highest BCUT2D eigenvalue weighted by Crippen LogP contribution is 2.25. The van der Waals surface area contributed by atoms with Crippen molar-refractivity contribution in [3.05, 3.63) is 235 Å².